The minimum absolute atomic E-state index is 0.377. The fourth-order valence-corrected chi connectivity index (χ4v) is 1.28. The van der Waals surface area contributed by atoms with Gasteiger partial charge in [0.15, 0.2) is 0 Å². The fourth-order valence-electron chi connectivity index (χ4n) is 1.28. The molecule has 0 radical (unpaired) electrons. The van der Waals surface area contributed by atoms with E-state index in [0.717, 1.165) is 19.4 Å². The molecule has 1 heterocycles. The van der Waals surface area contributed by atoms with E-state index in [1.165, 1.54) is 0 Å². The number of nitrogens with zero attached hydrogens (tertiary/aromatic N) is 5. The molecule has 7 heteroatoms. The molecule has 0 spiro atoms. The van der Waals surface area contributed by atoms with E-state index in [0.29, 0.717) is 17.8 Å². The Morgan fingerprint density at radius 3 is 2.29 bits per heavy atom. The second-order valence-corrected chi connectivity index (χ2v) is 4.07. The minimum Gasteiger partial charge on any atom is -0.347 e. The first kappa shape index (κ1) is 13.4. The molecule has 0 amide bonds. The molecule has 17 heavy (non-hydrogen) atoms. The summed E-state index contributed by atoms with van der Waals surface area (Å²) in [6.45, 7) is 3.07. The summed E-state index contributed by atoms with van der Waals surface area (Å²) >= 11 is 0. The SMILES string of the molecule is CCCCN(C)c1nc(NN)nc(N(C)C)n1. The molecule has 0 saturated heterocycles. The lowest BCUT2D eigenvalue weighted by Gasteiger charge is -2.19. The number of nitrogen functional groups attached to an aromatic ring is 1. The van der Waals surface area contributed by atoms with Crippen LogP contribution in [0.25, 0.3) is 0 Å². The van der Waals surface area contributed by atoms with Gasteiger partial charge in [-0.25, -0.2) is 5.84 Å². The van der Waals surface area contributed by atoms with E-state index in [9.17, 15) is 0 Å². The highest BCUT2D eigenvalue weighted by Gasteiger charge is 2.10. The van der Waals surface area contributed by atoms with Crippen LogP contribution in [0.2, 0.25) is 0 Å². The van der Waals surface area contributed by atoms with Crippen LogP contribution >= 0.6 is 0 Å². The van der Waals surface area contributed by atoms with Crippen LogP contribution in [0.4, 0.5) is 17.8 Å². The average Bonchev–Trinajstić information content (AvgIpc) is 2.35. The first-order valence-electron chi connectivity index (χ1n) is 5.69. The maximum Gasteiger partial charge on any atom is 0.243 e. The molecule has 3 N–H and O–H groups in total. The standard InChI is InChI=1S/C10H21N7/c1-5-6-7-17(4)10-13-8(15-11)12-9(14-10)16(2)3/h5-7,11H2,1-4H3,(H,12,13,14,15). The van der Waals surface area contributed by atoms with Gasteiger partial charge in [0.05, 0.1) is 0 Å². The summed E-state index contributed by atoms with van der Waals surface area (Å²) < 4.78 is 0. The Bertz CT molecular complexity index is 353. The number of nitrogens with one attached hydrogen (secondary N) is 1. The van der Waals surface area contributed by atoms with Crippen LogP contribution in [0.1, 0.15) is 19.8 Å². The van der Waals surface area contributed by atoms with Gasteiger partial charge in [0.1, 0.15) is 0 Å². The van der Waals surface area contributed by atoms with Crippen LogP contribution in [0.5, 0.6) is 0 Å². The molecule has 0 saturated carbocycles. The van der Waals surface area contributed by atoms with Gasteiger partial charge in [-0.15, -0.1) is 0 Å². The summed E-state index contributed by atoms with van der Waals surface area (Å²) in [7, 11) is 5.72. The predicted octanol–water partition coefficient (Wildman–Crippen LogP) is 0.460. The van der Waals surface area contributed by atoms with Crippen molar-refractivity contribution >= 4 is 17.8 Å². The van der Waals surface area contributed by atoms with E-state index >= 15 is 0 Å². The summed E-state index contributed by atoms with van der Waals surface area (Å²) in [6, 6.07) is 0. The van der Waals surface area contributed by atoms with Crippen molar-refractivity contribution < 1.29 is 0 Å². The second-order valence-electron chi connectivity index (χ2n) is 4.07. The largest absolute Gasteiger partial charge is 0.347 e. The van der Waals surface area contributed by atoms with Crippen LogP contribution in [0, 0.1) is 0 Å². The van der Waals surface area contributed by atoms with Gasteiger partial charge < -0.3 is 9.80 Å². The average molecular weight is 239 g/mol. The molecule has 0 aliphatic carbocycles. The van der Waals surface area contributed by atoms with Crippen LogP contribution in [0.3, 0.4) is 0 Å². The second kappa shape index (κ2) is 6.19. The molecule has 96 valence electrons. The molecular weight excluding hydrogens is 218 g/mol. The minimum atomic E-state index is 0.377. The summed E-state index contributed by atoms with van der Waals surface area (Å²) in [5.41, 5.74) is 2.46. The Balaban J connectivity index is 2.93. The molecule has 1 aromatic heterocycles. The smallest absolute Gasteiger partial charge is 0.243 e. The Kier molecular flexibility index (Phi) is 4.89. The molecule has 1 aromatic rings. The molecular formula is C10H21N7. The maximum absolute atomic E-state index is 5.35. The highest BCUT2D eigenvalue weighted by atomic mass is 15.4. The molecule has 0 aromatic carbocycles. The van der Waals surface area contributed by atoms with E-state index < -0.39 is 0 Å². The van der Waals surface area contributed by atoms with Crippen LogP contribution < -0.4 is 21.1 Å². The number of hydrazine groups is 1. The molecule has 0 bridgehead atoms. The van der Waals surface area contributed by atoms with Gasteiger partial charge in [0.2, 0.25) is 17.8 Å². The Morgan fingerprint density at radius 1 is 1.12 bits per heavy atom. The van der Waals surface area contributed by atoms with E-state index in [1.807, 2.05) is 30.9 Å². The van der Waals surface area contributed by atoms with Gasteiger partial charge in [-0.05, 0) is 6.42 Å². The van der Waals surface area contributed by atoms with Crippen molar-refractivity contribution in [2.45, 2.75) is 19.8 Å². The quantitative estimate of drug-likeness (QED) is 0.551. The number of unbranched alkanes of at least 4 members (excludes halogenated alkanes) is 1. The summed E-state index contributed by atoms with van der Waals surface area (Å²) in [6.07, 6.45) is 2.24. The van der Waals surface area contributed by atoms with Crippen molar-refractivity contribution in [1.82, 2.24) is 15.0 Å². The third-order valence-corrected chi connectivity index (χ3v) is 2.33. The third-order valence-electron chi connectivity index (χ3n) is 2.33. The van der Waals surface area contributed by atoms with Crippen LogP contribution in [-0.4, -0.2) is 42.6 Å². The fraction of sp³-hybridized carbons (Fsp3) is 0.700. The zero-order valence-electron chi connectivity index (χ0n) is 10.9. The molecule has 7 nitrogen and oxygen atoms in total. The topological polar surface area (TPSA) is 83.2 Å². The summed E-state index contributed by atoms with van der Waals surface area (Å²) in [5, 5.41) is 0. The number of hydrogen-bond donors (Lipinski definition) is 2. The zero-order chi connectivity index (χ0) is 12.8. The Hall–Kier alpha value is -1.63. The van der Waals surface area contributed by atoms with Crippen molar-refractivity contribution in [3.63, 3.8) is 0 Å². The number of rotatable bonds is 6. The normalized spacial score (nSPS) is 10.2. The van der Waals surface area contributed by atoms with Crippen molar-refractivity contribution in [3.8, 4) is 0 Å². The van der Waals surface area contributed by atoms with Gasteiger partial charge in [-0.2, -0.15) is 15.0 Å². The van der Waals surface area contributed by atoms with Gasteiger partial charge >= 0.3 is 0 Å². The predicted molar refractivity (Wildman–Crippen MR) is 70.1 cm³/mol. The molecule has 0 aliphatic heterocycles. The first-order chi connectivity index (χ1) is 8.08. The number of nitrogens with two attached hydrogens (primary N) is 1. The van der Waals surface area contributed by atoms with E-state index in [2.05, 4.69) is 27.3 Å². The Morgan fingerprint density at radius 2 is 1.76 bits per heavy atom. The number of anilines is 3. The highest BCUT2D eigenvalue weighted by Crippen LogP contribution is 2.13. The lowest BCUT2D eigenvalue weighted by atomic mass is 10.3. The van der Waals surface area contributed by atoms with E-state index in [4.69, 9.17) is 5.84 Å². The molecule has 0 unspecified atom stereocenters. The van der Waals surface area contributed by atoms with Crippen LogP contribution in [-0.2, 0) is 0 Å². The molecule has 0 aliphatic rings. The van der Waals surface area contributed by atoms with Gasteiger partial charge in [0.25, 0.3) is 0 Å². The number of hydrogen-bond acceptors (Lipinski definition) is 7. The summed E-state index contributed by atoms with van der Waals surface area (Å²) in [4.78, 5) is 16.6. The van der Waals surface area contributed by atoms with E-state index in [1.54, 1.807) is 0 Å². The zero-order valence-corrected chi connectivity index (χ0v) is 10.9. The lowest BCUT2D eigenvalue weighted by molar-refractivity contribution is 0.746. The van der Waals surface area contributed by atoms with Crippen molar-refractivity contribution in [3.05, 3.63) is 0 Å². The molecule has 0 atom stereocenters. The van der Waals surface area contributed by atoms with Crippen molar-refractivity contribution in [2.24, 2.45) is 5.84 Å². The monoisotopic (exact) mass is 239 g/mol. The first-order valence-corrected chi connectivity index (χ1v) is 5.69. The van der Waals surface area contributed by atoms with Gasteiger partial charge in [0, 0.05) is 27.7 Å². The Labute approximate surface area is 102 Å². The lowest BCUT2D eigenvalue weighted by Crippen LogP contribution is -2.24. The molecule has 1 rings (SSSR count). The molecule has 0 fully saturated rings. The van der Waals surface area contributed by atoms with E-state index in [-0.39, 0.29) is 0 Å². The maximum atomic E-state index is 5.35. The highest BCUT2D eigenvalue weighted by molar-refractivity contribution is 5.43. The van der Waals surface area contributed by atoms with Crippen molar-refractivity contribution in [1.29, 1.82) is 0 Å². The third kappa shape index (κ3) is 3.70. The summed E-state index contributed by atoms with van der Waals surface area (Å²) in [5.74, 6) is 6.94. The van der Waals surface area contributed by atoms with Crippen LogP contribution in [0.15, 0.2) is 0 Å². The number of aromatic nitrogens is 3. The van der Waals surface area contributed by atoms with Gasteiger partial charge in [-0.3, -0.25) is 5.43 Å². The van der Waals surface area contributed by atoms with Gasteiger partial charge in [-0.1, -0.05) is 13.3 Å². The van der Waals surface area contributed by atoms with Crippen molar-refractivity contribution in [2.75, 3.05) is 42.9 Å².